The first-order chi connectivity index (χ1) is 15.4. The Morgan fingerprint density at radius 1 is 0.812 bits per heavy atom. The molecule has 3 heteroatoms. The molecule has 1 N–H and O–H groups in total. The first kappa shape index (κ1) is 25.1. The monoisotopic (exact) mass is 453 g/mol. The van der Waals surface area contributed by atoms with Crippen molar-refractivity contribution >= 4 is 19.2 Å². The molecule has 0 radical (unpaired) electrons. The summed E-state index contributed by atoms with van der Waals surface area (Å²) >= 11 is 0. The molecule has 1 aromatic carbocycles. The summed E-state index contributed by atoms with van der Waals surface area (Å²) in [7, 11) is -1.95. The Hall–Kier alpha value is -1.48. The van der Waals surface area contributed by atoms with E-state index in [1.54, 1.807) is 0 Å². The van der Waals surface area contributed by atoms with Crippen LogP contribution in [0.2, 0.25) is 16.6 Å². The molecule has 1 aromatic heterocycles. The van der Waals surface area contributed by atoms with E-state index in [0.717, 1.165) is 6.42 Å². The molecule has 0 spiro atoms. The highest BCUT2D eigenvalue weighted by atomic mass is 28.4. The van der Waals surface area contributed by atoms with Crippen LogP contribution in [0, 0.1) is 0 Å². The van der Waals surface area contributed by atoms with Gasteiger partial charge in [0.2, 0.25) is 0 Å². The largest absolute Gasteiger partial charge is 0.546 e. The zero-order valence-electron chi connectivity index (χ0n) is 21.5. The lowest BCUT2D eigenvalue weighted by Gasteiger charge is -2.43. The van der Waals surface area contributed by atoms with Gasteiger partial charge in [-0.1, -0.05) is 98.3 Å². The number of para-hydroxylation sites is 1. The smallest absolute Gasteiger partial charge is 0.258 e. The van der Waals surface area contributed by atoms with Crippen LogP contribution in [-0.2, 0) is 4.43 Å². The molecule has 2 nitrogen and oxygen atoms in total. The van der Waals surface area contributed by atoms with Gasteiger partial charge < -0.3 is 9.41 Å². The van der Waals surface area contributed by atoms with Gasteiger partial charge in [0, 0.05) is 29.4 Å². The average Bonchev–Trinajstić information content (AvgIpc) is 3.16. The lowest BCUT2D eigenvalue weighted by atomic mass is 9.90. The highest BCUT2D eigenvalue weighted by Crippen LogP contribution is 2.45. The highest BCUT2D eigenvalue weighted by Gasteiger charge is 2.47. The number of hydrogen-bond acceptors (Lipinski definition) is 1. The number of rotatable bonds is 6. The summed E-state index contributed by atoms with van der Waals surface area (Å²) in [6.45, 7) is 14.4. The third kappa shape index (κ3) is 5.71. The van der Waals surface area contributed by atoms with Crippen LogP contribution in [-0.4, -0.2) is 13.3 Å². The quantitative estimate of drug-likeness (QED) is 0.432. The maximum absolute atomic E-state index is 7.30. The fourth-order valence-corrected chi connectivity index (χ4v) is 11.6. The third-order valence-corrected chi connectivity index (χ3v) is 13.9. The van der Waals surface area contributed by atoms with Gasteiger partial charge in [-0.15, -0.1) is 0 Å². The second-order valence-corrected chi connectivity index (χ2v) is 16.3. The molecule has 1 aliphatic rings. The van der Waals surface area contributed by atoms with Crippen LogP contribution < -0.4 is 0 Å². The molecule has 0 bridgehead atoms. The number of hydrogen-bond donors (Lipinski definition) is 1. The molecular weight excluding hydrogens is 406 g/mol. The van der Waals surface area contributed by atoms with Crippen LogP contribution in [0.5, 0.6) is 0 Å². The number of fused-ring (bicyclic) bond motifs is 1. The number of allylic oxidation sites excluding steroid dienone is 2. The molecule has 0 fully saturated rings. The summed E-state index contributed by atoms with van der Waals surface area (Å²) in [5.41, 5.74) is 4.52. The second kappa shape index (κ2) is 11.6. The van der Waals surface area contributed by atoms with Gasteiger partial charge in [0.05, 0.1) is 5.76 Å². The maximum Gasteiger partial charge on any atom is 0.258 e. The molecule has 0 saturated heterocycles. The fourth-order valence-electron chi connectivity index (χ4n) is 6.25. The molecule has 0 amide bonds. The van der Waals surface area contributed by atoms with Crippen molar-refractivity contribution < 1.29 is 4.43 Å². The SMILES string of the molecule is CC(C)[Si](O/C1=C/C(c2c[nH]c3ccccc23)CCCCCCCCC1)(C(C)C)C(C)C. The van der Waals surface area contributed by atoms with E-state index < -0.39 is 8.32 Å². The van der Waals surface area contributed by atoms with E-state index in [4.69, 9.17) is 4.43 Å². The van der Waals surface area contributed by atoms with Gasteiger partial charge in [-0.3, -0.25) is 0 Å². The van der Waals surface area contributed by atoms with Gasteiger partial charge >= 0.3 is 0 Å². The summed E-state index contributed by atoms with van der Waals surface area (Å²) < 4.78 is 7.30. The van der Waals surface area contributed by atoms with Crippen molar-refractivity contribution in [2.75, 3.05) is 0 Å². The molecule has 0 saturated carbocycles. The minimum Gasteiger partial charge on any atom is -0.546 e. The molecule has 32 heavy (non-hydrogen) atoms. The first-order valence-corrected chi connectivity index (χ1v) is 15.5. The molecule has 1 aliphatic carbocycles. The Bertz CT molecular complexity index is 841. The van der Waals surface area contributed by atoms with Gasteiger partial charge in [0.25, 0.3) is 8.32 Å². The summed E-state index contributed by atoms with van der Waals surface area (Å²) in [4.78, 5) is 3.53. The summed E-state index contributed by atoms with van der Waals surface area (Å²) in [5.74, 6) is 1.72. The lowest BCUT2D eigenvalue weighted by molar-refractivity contribution is 0.344. The Morgan fingerprint density at radius 2 is 1.41 bits per heavy atom. The number of H-pyrrole nitrogens is 1. The van der Waals surface area contributed by atoms with Crippen molar-refractivity contribution in [3.63, 3.8) is 0 Å². The first-order valence-electron chi connectivity index (χ1n) is 13.3. The van der Waals surface area contributed by atoms with E-state index in [2.05, 4.69) is 83.1 Å². The Labute approximate surface area is 198 Å². The van der Waals surface area contributed by atoms with E-state index in [-0.39, 0.29) is 0 Å². The number of aromatic amines is 1. The van der Waals surface area contributed by atoms with Gasteiger partial charge in [0.15, 0.2) is 0 Å². The topological polar surface area (TPSA) is 25.0 Å². The predicted octanol–water partition coefficient (Wildman–Crippen LogP) is 9.85. The predicted molar refractivity (Wildman–Crippen MR) is 143 cm³/mol. The minimum atomic E-state index is -1.95. The molecule has 2 aromatic rings. The van der Waals surface area contributed by atoms with Crippen LogP contribution in [0.4, 0.5) is 0 Å². The van der Waals surface area contributed by atoms with Crippen molar-refractivity contribution in [2.24, 2.45) is 0 Å². The summed E-state index contributed by atoms with van der Waals surface area (Å²) in [6, 6.07) is 8.77. The van der Waals surface area contributed by atoms with Crippen LogP contribution in [0.25, 0.3) is 10.9 Å². The zero-order valence-corrected chi connectivity index (χ0v) is 22.5. The molecular formula is C29H47NOSi. The Morgan fingerprint density at radius 3 is 2.06 bits per heavy atom. The van der Waals surface area contributed by atoms with E-state index >= 15 is 0 Å². The van der Waals surface area contributed by atoms with E-state index in [1.165, 1.54) is 73.6 Å². The van der Waals surface area contributed by atoms with Crippen molar-refractivity contribution in [3.8, 4) is 0 Å². The summed E-state index contributed by atoms with van der Waals surface area (Å²) in [6.07, 6.45) is 16.5. The van der Waals surface area contributed by atoms with Gasteiger partial charge in [0.1, 0.15) is 0 Å². The Kier molecular flexibility index (Phi) is 9.10. The molecule has 1 heterocycles. The van der Waals surface area contributed by atoms with Gasteiger partial charge in [-0.05, 0) is 47.2 Å². The normalized spacial score (nSPS) is 21.4. The van der Waals surface area contributed by atoms with E-state index in [9.17, 15) is 0 Å². The molecule has 3 rings (SSSR count). The van der Waals surface area contributed by atoms with E-state index in [0.29, 0.717) is 22.5 Å². The van der Waals surface area contributed by atoms with Crippen molar-refractivity contribution in [3.05, 3.63) is 47.9 Å². The molecule has 1 atom stereocenters. The molecule has 1 unspecified atom stereocenters. The lowest BCUT2D eigenvalue weighted by Crippen LogP contribution is -2.47. The number of benzene rings is 1. The van der Waals surface area contributed by atoms with E-state index in [1.807, 2.05) is 0 Å². The molecule has 0 aliphatic heterocycles. The third-order valence-electron chi connectivity index (χ3n) is 7.86. The van der Waals surface area contributed by atoms with Crippen molar-refractivity contribution in [1.82, 2.24) is 4.98 Å². The fraction of sp³-hybridized carbons (Fsp3) is 0.655. The van der Waals surface area contributed by atoms with Crippen molar-refractivity contribution in [1.29, 1.82) is 0 Å². The number of nitrogens with one attached hydrogen (secondary N) is 1. The zero-order chi connectivity index (χ0) is 23.1. The van der Waals surface area contributed by atoms with Crippen LogP contribution in [0.15, 0.2) is 42.3 Å². The van der Waals surface area contributed by atoms with Gasteiger partial charge in [-0.25, -0.2) is 0 Å². The second-order valence-electron chi connectivity index (χ2n) is 11.0. The highest BCUT2D eigenvalue weighted by molar-refractivity contribution is 6.77. The van der Waals surface area contributed by atoms with Crippen LogP contribution in [0.1, 0.15) is 111 Å². The minimum absolute atomic E-state index is 0.429. The maximum atomic E-state index is 7.30. The number of aromatic nitrogens is 1. The Balaban J connectivity index is 2.02. The molecule has 178 valence electrons. The van der Waals surface area contributed by atoms with Crippen molar-refractivity contribution in [2.45, 2.75) is 122 Å². The standard InChI is InChI=1S/C29H47NOSi/c1-22(2)32(23(3)4,24(5)6)31-26-17-13-11-9-7-8-10-12-16-25(20-26)28-21-30-29-19-15-14-18-27(28)29/h14-15,18-25,30H,7-13,16-17H2,1-6H3/b26-20+. The average molecular weight is 454 g/mol. The summed E-state index contributed by atoms with van der Waals surface area (Å²) in [5, 5.41) is 1.38. The van der Waals surface area contributed by atoms with Crippen LogP contribution in [0.3, 0.4) is 0 Å². The van der Waals surface area contributed by atoms with Gasteiger partial charge in [-0.2, -0.15) is 0 Å². The van der Waals surface area contributed by atoms with Crippen LogP contribution >= 0.6 is 0 Å².